The third kappa shape index (κ3) is 5.26. The summed E-state index contributed by atoms with van der Waals surface area (Å²) in [6.45, 7) is 5.52. The van der Waals surface area contributed by atoms with Gasteiger partial charge in [0.15, 0.2) is 0 Å². The number of nitrogens with zero attached hydrogens (tertiary/aromatic N) is 3. The summed E-state index contributed by atoms with van der Waals surface area (Å²) in [5.74, 6) is -1.23. The first-order chi connectivity index (χ1) is 15.9. The van der Waals surface area contributed by atoms with Crippen LogP contribution in [0.4, 0.5) is 5.69 Å². The van der Waals surface area contributed by atoms with Crippen molar-refractivity contribution < 1.29 is 14.4 Å². The van der Waals surface area contributed by atoms with Gasteiger partial charge in [0, 0.05) is 37.1 Å². The molecule has 1 aliphatic heterocycles. The minimum Gasteiger partial charge on any atom is -0.328 e. The van der Waals surface area contributed by atoms with E-state index in [-0.39, 0.29) is 5.91 Å². The van der Waals surface area contributed by atoms with E-state index in [1.54, 1.807) is 23.2 Å². The van der Waals surface area contributed by atoms with Crippen molar-refractivity contribution in [3.63, 3.8) is 0 Å². The molecule has 4 rings (SSSR count). The number of nitrogens with one attached hydrogen (secondary N) is 1. The third-order valence-corrected chi connectivity index (χ3v) is 5.70. The van der Waals surface area contributed by atoms with E-state index in [9.17, 15) is 14.4 Å². The molecule has 0 unspecified atom stereocenters. The molecule has 2 heterocycles. The maximum absolute atomic E-state index is 12.6. The van der Waals surface area contributed by atoms with Crippen LogP contribution in [0.1, 0.15) is 32.7 Å². The summed E-state index contributed by atoms with van der Waals surface area (Å²) in [7, 11) is 0. The summed E-state index contributed by atoms with van der Waals surface area (Å²) in [5.41, 5.74) is 5.06. The van der Waals surface area contributed by atoms with Gasteiger partial charge in [-0.25, -0.2) is 0 Å². The van der Waals surface area contributed by atoms with E-state index in [0.717, 1.165) is 28.1 Å². The number of aryl methyl sites for hydroxylation is 2. The van der Waals surface area contributed by atoms with Gasteiger partial charge in [0.2, 0.25) is 0 Å². The number of hydrogen-bond acceptors (Lipinski definition) is 4. The van der Waals surface area contributed by atoms with E-state index in [0.29, 0.717) is 31.7 Å². The van der Waals surface area contributed by atoms with E-state index < -0.39 is 11.8 Å². The highest BCUT2D eigenvalue weighted by molar-refractivity contribution is 6.35. The van der Waals surface area contributed by atoms with E-state index in [2.05, 4.69) is 10.3 Å². The predicted molar refractivity (Wildman–Crippen MR) is 125 cm³/mol. The maximum atomic E-state index is 12.6. The number of carbonyl (C=O) groups is 3. The monoisotopic (exact) mass is 442 g/mol. The summed E-state index contributed by atoms with van der Waals surface area (Å²) in [5, 5.41) is 2.93. The fraction of sp³-hybridized carbons (Fsp3) is 0.231. The van der Waals surface area contributed by atoms with E-state index >= 15 is 0 Å². The third-order valence-electron chi connectivity index (χ3n) is 5.70. The number of amides is 3. The van der Waals surface area contributed by atoms with Crippen LogP contribution in [-0.2, 0) is 22.7 Å². The lowest BCUT2D eigenvalue weighted by atomic mass is 10.1. The molecule has 3 amide bonds. The Morgan fingerprint density at radius 2 is 1.61 bits per heavy atom. The van der Waals surface area contributed by atoms with Crippen LogP contribution >= 0.6 is 0 Å². The van der Waals surface area contributed by atoms with Crippen LogP contribution < -0.4 is 5.32 Å². The van der Waals surface area contributed by atoms with Crippen LogP contribution in [0, 0.1) is 13.8 Å². The summed E-state index contributed by atoms with van der Waals surface area (Å²) in [6.07, 6.45) is 1.67. The molecule has 3 aromatic rings. The van der Waals surface area contributed by atoms with Gasteiger partial charge in [-0.05, 0) is 55.3 Å². The standard InChI is InChI=1S/C26H26N4O3/c1-18-6-11-23(19(2)15-18)28-24(31)21-9-7-20(8-10-21)16-29-13-14-30(26(33)25(29)32)17-22-5-3-4-12-27-22/h3-12,15H,13-14,16-17H2,1-2H3,(H,28,31). The van der Waals surface area contributed by atoms with Crippen molar-refractivity contribution in [2.45, 2.75) is 26.9 Å². The first-order valence-corrected chi connectivity index (χ1v) is 10.9. The number of pyridine rings is 1. The Hall–Kier alpha value is -4.00. The largest absolute Gasteiger partial charge is 0.328 e. The number of hydrogen-bond donors (Lipinski definition) is 1. The second-order valence-electron chi connectivity index (χ2n) is 8.24. The second-order valence-corrected chi connectivity index (χ2v) is 8.24. The molecule has 0 saturated carbocycles. The van der Waals surface area contributed by atoms with Crippen molar-refractivity contribution in [2.75, 3.05) is 18.4 Å². The summed E-state index contributed by atoms with van der Waals surface area (Å²) in [4.78, 5) is 45.1. The highest BCUT2D eigenvalue weighted by atomic mass is 16.2. The fourth-order valence-corrected chi connectivity index (χ4v) is 3.83. The minimum absolute atomic E-state index is 0.192. The molecule has 168 valence electrons. The smallest absolute Gasteiger partial charge is 0.312 e. The Kier molecular flexibility index (Phi) is 6.49. The zero-order chi connectivity index (χ0) is 23.4. The average Bonchev–Trinajstić information content (AvgIpc) is 2.82. The Balaban J connectivity index is 1.35. The van der Waals surface area contributed by atoms with Crippen LogP contribution in [0.5, 0.6) is 0 Å². The normalized spacial score (nSPS) is 13.9. The minimum atomic E-state index is -0.520. The predicted octanol–water partition coefficient (Wildman–Crippen LogP) is 3.32. The molecule has 1 N–H and O–H groups in total. The van der Waals surface area contributed by atoms with Crippen LogP contribution in [0.3, 0.4) is 0 Å². The average molecular weight is 443 g/mol. The van der Waals surface area contributed by atoms with Crippen LogP contribution in [-0.4, -0.2) is 45.6 Å². The van der Waals surface area contributed by atoms with Gasteiger partial charge >= 0.3 is 11.8 Å². The number of rotatable bonds is 6. The Labute approximate surface area is 193 Å². The molecule has 1 aliphatic rings. The molecule has 0 atom stereocenters. The molecule has 2 aromatic carbocycles. The molecule has 0 radical (unpaired) electrons. The molecule has 1 saturated heterocycles. The number of aromatic nitrogens is 1. The van der Waals surface area contributed by atoms with Gasteiger partial charge in [-0.1, -0.05) is 35.9 Å². The number of carbonyl (C=O) groups excluding carboxylic acids is 3. The summed E-state index contributed by atoms with van der Waals surface area (Å²) >= 11 is 0. The van der Waals surface area contributed by atoms with Gasteiger partial charge in [-0.3, -0.25) is 19.4 Å². The second kappa shape index (κ2) is 9.65. The summed E-state index contributed by atoms with van der Waals surface area (Å²) in [6, 6.07) is 18.5. The Bertz CT molecular complexity index is 1180. The first kappa shape index (κ1) is 22.2. The van der Waals surface area contributed by atoms with Crippen molar-refractivity contribution in [1.82, 2.24) is 14.8 Å². The highest BCUT2D eigenvalue weighted by Crippen LogP contribution is 2.18. The van der Waals surface area contributed by atoms with Gasteiger partial charge < -0.3 is 15.1 Å². The SMILES string of the molecule is Cc1ccc(NC(=O)c2ccc(CN3CCN(Cc4ccccn4)C(=O)C3=O)cc2)c(C)c1. The number of piperazine rings is 1. The zero-order valence-electron chi connectivity index (χ0n) is 18.7. The molecule has 0 bridgehead atoms. The lowest BCUT2D eigenvalue weighted by Gasteiger charge is -2.33. The van der Waals surface area contributed by atoms with Crippen LogP contribution in [0.25, 0.3) is 0 Å². The molecule has 33 heavy (non-hydrogen) atoms. The van der Waals surface area contributed by atoms with E-state index in [1.807, 2.05) is 62.4 Å². The van der Waals surface area contributed by atoms with Crippen molar-refractivity contribution in [2.24, 2.45) is 0 Å². The lowest BCUT2D eigenvalue weighted by Crippen LogP contribution is -2.53. The summed E-state index contributed by atoms with van der Waals surface area (Å²) < 4.78 is 0. The zero-order valence-corrected chi connectivity index (χ0v) is 18.7. The Morgan fingerprint density at radius 3 is 2.24 bits per heavy atom. The van der Waals surface area contributed by atoms with Crippen molar-refractivity contribution >= 4 is 23.4 Å². The highest BCUT2D eigenvalue weighted by Gasteiger charge is 2.32. The molecule has 1 fully saturated rings. The molecular weight excluding hydrogens is 416 g/mol. The topological polar surface area (TPSA) is 82.6 Å². The van der Waals surface area contributed by atoms with Gasteiger partial charge in [-0.15, -0.1) is 0 Å². The van der Waals surface area contributed by atoms with Crippen molar-refractivity contribution in [3.8, 4) is 0 Å². The van der Waals surface area contributed by atoms with Crippen LogP contribution in [0.2, 0.25) is 0 Å². The number of benzene rings is 2. The molecule has 7 nitrogen and oxygen atoms in total. The van der Waals surface area contributed by atoms with Gasteiger partial charge in [0.05, 0.1) is 12.2 Å². The van der Waals surface area contributed by atoms with Crippen LogP contribution in [0.15, 0.2) is 66.9 Å². The fourth-order valence-electron chi connectivity index (χ4n) is 3.83. The molecule has 7 heteroatoms. The van der Waals surface area contributed by atoms with Gasteiger partial charge in [0.25, 0.3) is 5.91 Å². The van der Waals surface area contributed by atoms with Crippen molar-refractivity contribution in [1.29, 1.82) is 0 Å². The quantitative estimate of drug-likeness (QED) is 0.594. The van der Waals surface area contributed by atoms with Gasteiger partial charge in [-0.2, -0.15) is 0 Å². The van der Waals surface area contributed by atoms with Gasteiger partial charge in [0.1, 0.15) is 0 Å². The molecule has 0 spiro atoms. The molecular formula is C26H26N4O3. The first-order valence-electron chi connectivity index (χ1n) is 10.9. The van der Waals surface area contributed by atoms with Crippen molar-refractivity contribution in [3.05, 3.63) is 94.8 Å². The maximum Gasteiger partial charge on any atom is 0.312 e. The molecule has 0 aliphatic carbocycles. The molecule has 1 aromatic heterocycles. The number of anilines is 1. The Morgan fingerprint density at radius 1 is 0.909 bits per heavy atom. The van der Waals surface area contributed by atoms with E-state index in [4.69, 9.17) is 0 Å². The van der Waals surface area contributed by atoms with E-state index in [1.165, 1.54) is 4.90 Å². The lowest BCUT2D eigenvalue weighted by molar-refractivity contribution is -0.156.